The van der Waals surface area contributed by atoms with Crippen LogP contribution in [0.3, 0.4) is 0 Å². The van der Waals surface area contributed by atoms with Crippen molar-refractivity contribution in [1.82, 2.24) is 10.0 Å². The van der Waals surface area contributed by atoms with E-state index in [2.05, 4.69) is 10.0 Å². The molecule has 21 heavy (non-hydrogen) atoms. The van der Waals surface area contributed by atoms with Crippen LogP contribution in [0.25, 0.3) is 0 Å². The van der Waals surface area contributed by atoms with Gasteiger partial charge in [-0.25, -0.2) is 8.42 Å². The van der Waals surface area contributed by atoms with Gasteiger partial charge in [0.05, 0.1) is 10.9 Å². The minimum absolute atomic E-state index is 0.0492. The van der Waals surface area contributed by atoms with Crippen molar-refractivity contribution in [2.24, 2.45) is 11.7 Å². The number of benzene rings is 1. The molecule has 4 N–H and O–H groups in total. The number of nitrogens with one attached hydrogen (secondary N) is 2. The van der Waals surface area contributed by atoms with Gasteiger partial charge in [0.2, 0.25) is 15.9 Å². The van der Waals surface area contributed by atoms with Gasteiger partial charge in [-0.1, -0.05) is 18.2 Å². The summed E-state index contributed by atoms with van der Waals surface area (Å²) in [5.74, 6) is 0.118. The Balaban J connectivity index is 1.87. The maximum Gasteiger partial charge on any atom is 0.241 e. The number of carbonyl (C=O) groups excluding carboxylic acids is 1. The summed E-state index contributed by atoms with van der Waals surface area (Å²) >= 11 is 0. The first-order chi connectivity index (χ1) is 9.90. The molecule has 1 aromatic carbocycles. The number of amides is 1. The largest absolute Gasteiger partial charge is 0.353 e. The molecule has 0 heterocycles. The van der Waals surface area contributed by atoms with Crippen LogP contribution in [0.1, 0.15) is 19.8 Å². The molecule has 1 fully saturated rings. The fourth-order valence-corrected chi connectivity index (χ4v) is 3.24. The number of carbonyl (C=O) groups is 1. The predicted octanol–water partition coefficient (Wildman–Crippen LogP) is 0.207. The fraction of sp³-hybridized carbons (Fsp3) is 0.500. The van der Waals surface area contributed by atoms with Crippen molar-refractivity contribution in [3.63, 3.8) is 0 Å². The molecule has 116 valence electrons. The Kier molecular flexibility index (Phi) is 4.97. The van der Waals surface area contributed by atoms with Crippen molar-refractivity contribution >= 4 is 15.9 Å². The van der Waals surface area contributed by atoms with E-state index in [0.29, 0.717) is 12.5 Å². The number of sulfonamides is 1. The van der Waals surface area contributed by atoms with E-state index in [0.717, 1.165) is 12.8 Å². The van der Waals surface area contributed by atoms with E-state index in [1.54, 1.807) is 18.2 Å². The van der Waals surface area contributed by atoms with Crippen molar-refractivity contribution in [1.29, 1.82) is 0 Å². The molecule has 0 saturated heterocycles. The third-order valence-corrected chi connectivity index (χ3v) is 5.07. The third kappa shape index (κ3) is 4.52. The lowest BCUT2D eigenvalue weighted by molar-refractivity contribution is -0.122. The van der Waals surface area contributed by atoms with Gasteiger partial charge in [-0.15, -0.1) is 0 Å². The van der Waals surface area contributed by atoms with Crippen molar-refractivity contribution in [3.8, 4) is 0 Å². The van der Waals surface area contributed by atoms with Gasteiger partial charge in [0, 0.05) is 12.6 Å². The Bertz CT molecular complexity index is 585. The van der Waals surface area contributed by atoms with Crippen LogP contribution in [0.15, 0.2) is 35.2 Å². The fourth-order valence-electron chi connectivity index (χ4n) is 2.02. The van der Waals surface area contributed by atoms with Crippen LogP contribution >= 0.6 is 0 Å². The van der Waals surface area contributed by atoms with Crippen LogP contribution in [0.4, 0.5) is 0 Å². The summed E-state index contributed by atoms with van der Waals surface area (Å²) in [7, 11) is -3.69. The highest BCUT2D eigenvalue weighted by Crippen LogP contribution is 2.31. The molecule has 1 amide bonds. The number of hydrogen-bond donors (Lipinski definition) is 3. The highest BCUT2D eigenvalue weighted by atomic mass is 32.2. The first kappa shape index (κ1) is 15.9. The molecule has 2 unspecified atom stereocenters. The summed E-state index contributed by atoms with van der Waals surface area (Å²) in [5, 5.41) is 2.69. The maximum atomic E-state index is 12.1. The van der Waals surface area contributed by atoms with Gasteiger partial charge < -0.3 is 11.1 Å². The molecule has 1 aromatic rings. The molecule has 0 radical (unpaired) electrons. The van der Waals surface area contributed by atoms with Gasteiger partial charge in [0.15, 0.2) is 0 Å². The Labute approximate surface area is 125 Å². The second kappa shape index (κ2) is 6.55. The van der Waals surface area contributed by atoms with Gasteiger partial charge in [0.25, 0.3) is 0 Å². The normalized spacial score (nSPS) is 18.0. The van der Waals surface area contributed by atoms with Gasteiger partial charge in [-0.3, -0.25) is 4.79 Å². The van der Waals surface area contributed by atoms with Crippen LogP contribution in [0.2, 0.25) is 0 Å². The number of rotatable bonds is 7. The molecule has 2 atom stereocenters. The molecule has 0 aromatic heterocycles. The van der Waals surface area contributed by atoms with Gasteiger partial charge in [-0.05, 0) is 37.8 Å². The highest BCUT2D eigenvalue weighted by Gasteiger charge is 2.29. The lowest BCUT2D eigenvalue weighted by Crippen LogP contribution is -2.48. The van der Waals surface area contributed by atoms with Crippen molar-refractivity contribution in [2.75, 3.05) is 6.54 Å². The molecule has 1 saturated carbocycles. The molecule has 1 aliphatic rings. The molecule has 2 rings (SSSR count). The SMILES string of the molecule is CC(NS(=O)(=O)c1ccccc1)C(=O)NCC(N)C1CC1. The molecular weight excluding hydrogens is 290 g/mol. The first-order valence-electron chi connectivity index (χ1n) is 7.01. The van der Waals surface area contributed by atoms with E-state index in [1.165, 1.54) is 19.1 Å². The molecule has 7 heteroatoms. The van der Waals surface area contributed by atoms with E-state index in [-0.39, 0.29) is 16.8 Å². The van der Waals surface area contributed by atoms with Gasteiger partial charge >= 0.3 is 0 Å². The average molecular weight is 311 g/mol. The molecule has 0 aliphatic heterocycles. The summed E-state index contributed by atoms with van der Waals surface area (Å²) in [6.07, 6.45) is 2.21. The lowest BCUT2D eigenvalue weighted by Gasteiger charge is -2.16. The summed E-state index contributed by atoms with van der Waals surface area (Å²) in [6, 6.07) is 7.07. The zero-order chi connectivity index (χ0) is 15.5. The lowest BCUT2D eigenvalue weighted by atomic mass is 10.2. The Hall–Kier alpha value is -1.44. The predicted molar refractivity (Wildman–Crippen MR) is 79.9 cm³/mol. The standard InChI is InChI=1S/C14H21N3O3S/c1-10(14(18)16-9-13(15)11-7-8-11)17-21(19,20)12-5-3-2-4-6-12/h2-6,10-11,13,17H,7-9,15H2,1H3,(H,16,18). The topological polar surface area (TPSA) is 101 Å². The second-order valence-corrected chi connectivity index (χ2v) is 7.12. The molecule has 0 spiro atoms. The minimum atomic E-state index is -3.69. The summed E-state index contributed by atoms with van der Waals surface area (Å²) in [6.45, 7) is 1.89. The number of hydrogen-bond acceptors (Lipinski definition) is 4. The van der Waals surface area contributed by atoms with Gasteiger partial charge in [0.1, 0.15) is 0 Å². The van der Waals surface area contributed by atoms with E-state index < -0.39 is 16.1 Å². The van der Waals surface area contributed by atoms with Crippen molar-refractivity contribution in [3.05, 3.63) is 30.3 Å². The van der Waals surface area contributed by atoms with Crippen LogP contribution in [0.5, 0.6) is 0 Å². The smallest absolute Gasteiger partial charge is 0.241 e. The Morgan fingerprint density at radius 1 is 1.33 bits per heavy atom. The molecular formula is C14H21N3O3S. The maximum absolute atomic E-state index is 12.1. The Morgan fingerprint density at radius 2 is 1.95 bits per heavy atom. The van der Waals surface area contributed by atoms with Crippen molar-refractivity contribution in [2.45, 2.75) is 36.7 Å². The van der Waals surface area contributed by atoms with E-state index in [4.69, 9.17) is 5.73 Å². The molecule has 0 bridgehead atoms. The highest BCUT2D eigenvalue weighted by molar-refractivity contribution is 7.89. The Morgan fingerprint density at radius 3 is 2.52 bits per heavy atom. The van der Waals surface area contributed by atoms with Crippen LogP contribution in [-0.4, -0.2) is 33.0 Å². The first-order valence-corrected chi connectivity index (χ1v) is 8.49. The minimum Gasteiger partial charge on any atom is -0.353 e. The second-order valence-electron chi connectivity index (χ2n) is 5.40. The molecule has 6 nitrogen and oxygen atoms in total. The number of nitrogens with two attached hydrogens (primary N) is 1. The van der Waals surface area contributed by atoms with E-state index in [1.807, 2.05) is 0 Å². The van der Waals surface area contributed by atoms with Gasteiger partial charge in [-0.2, -0.15) is 4.72 Å². The monoisotopic (exact) mass is 311 g/mol. The quantitative estimate of drug-likeness (QED) is 0.670. The summed E-state index contributed by atoms with van der Waals surface area (Å²) in [4.78, 5) is 12.0. The zero-order valence-corrected chi connectivity index (χ0v) is 12.8. The van der Waals surface area contributed by atoms with E-state index in [9.17, 15) is 13.2 Å². The average Bonchev–Trinajstić information content (AvgIpc) is 3.29. The van der Waals surface area contributed by atoms with Crippen LogP contribution < -0.4 is 15.8 Å². The van der Waals surface area contributed by atoms with Crippen LogP contribution in [0, 0.1) is 5.92 Å². The van der Waals surface area contributed by atoms with Crippen LogP contribution in [-0.2, 0) is 14.8 Å². The molecule has 1 aliphatic carbocycles. The van der Waals surface area contributed by atoms with E-state index >= 15 is 0 Å². The van der Waals surface area contributed by atoms with Crippen molar-refractivity contribution < 1.29 is 13.2 Å². The third-order valence-electron chi connectivity index (χ3n) is 3.52. The summed E-state index contributed by atoms with van der Waals surface area (Å²) < 4.78 is 26.5. The zero-order valence-electron chi connectivity index (χ0n) is 12.0. The summed E-state index contributed by atoms with van der Waals surface area (Å²) in [5.41, 5.74) is 5.89.